The standard InChI is InChI=1S/C3H5F2NO2/c1-6-2(7)3(4,5)8/h8H,1H3,(H,6,7). The van der Waals surface area contributed by atoms with Gasteiger partial charge in [0, 0.05) is 7.05 Å². The van der Waals surface area contributed by atoms with Crippen LogP contribution in [0.5, 0.6) is 0 Å². The van der Waals surface area contributed by atoms with Gasteiger partial charge in [0.05, 0.1) is 0 Å². The first-order valence-corrected chi connectivity index (χ1v) is 1.81. The van der Waals surface area contributed by atoms with E-state index in [9.17, 15) is 13.6 Å². The Kier molecular flexibility index (Phi) is 1.86. The van der Waals surface area contributed by atoms with Crippen molar-refractivity contribution in [1.29, 1.82) is 0 Å². The van der Waals surface area contributed by atoms with Crippen molar-refractivity contribution in [3.8, 4) is 0 Å². The number of aliphatic hydroxyl groups is 1. The fraction of sp³-hybridized carbons (Fsp3) is 0.667. The lowest BCUT2D eigenvalue weighted by atomic mass is 10.6. The molecule has 0 aliphatic carbocycles. The molecule has 0 atom stereocenters. The third-order valence-electron chi connectivity index (χ3n) is 0.500. The lowest BCUT2D eigenvalue weighted by Gasteiger charge is -2.03. The van der Waals surface area contributed by atoms with Gasteiger partial charge in [-0.25, -0.2) is 0 Å². The van der Waals surface area contributed by atoms with E-state index in [1.165, 1.54) is 0 Å². The van der Waals surface area contributed by atoms with Crippen molar-refractivity contribution in [2.45, 2.75) is 6.11 Å². The van der Waals surface area contributed by atoms with Crippen LogP contribution in [0.3, 0.4) is 0 Å². The van der Waals surface area contributed by atoms with Crippen molar-refractivity contribution in [2.75, 3.05) is 7.05 Å². The van der Waals surface area contributed by atoms with Crippen LogP contribution in [0.15, 0.2) is 0 Å². The van der Waals surface area contributed by atoms with Crippen LogP contribution in [0.25, 0.3) is 0 Å². The highest BCUT2D eigenvalue weighted by molar-refractivity contribution is 5.81. The van der Waals surface area contributed by atoms with Crippen LogP contribution in [0, 0.1) is 0 Å². The first kappa shape index (κ1) is 7.29. The minimum Gasteiger partial charge on any atom is -0.352 e. The van der Waals surface area contributed by atoms with Gasteiger partial charge in [-0.3, -0.25) is 4.79 Å². The summed E-state index contributed by atoms with van der Waals surface area (Å²) < 4.78 is 22.5. The number of hydrogen-bond acceptors (Lipinski definition) is 2. The normalized spacial score (nSPS) is 11.0. The van der Waals surface area contributed by atoms with Gasteiger partial charge in [-0.15, -0.1) is 0 Å². The predicted octanol–water partition coefficient (Wildman–Crippen LogP) is -0.683. The van der Waals surface area contributed by atoms with Crippen LogP contribution >= 0.6 is 0 Å². The maximum atomic E-state index is 11.3. The number of halogens is 2. The van der Waals surface area contributed by atoms with Crippen LogP contribution in [0.2, 0.25) is 0 Å². The number of carbonyl (C=O) groups is 1. The predicted molar refractivity (Wildman–Crippen MR) is 21.2 cm³/mol. The molecule has 0 aliphatic heterocycles. The lowest BCUT2D eigenvalue weighted by molar-refractivity contribution is -0.204. The third kappa shape index (κ3) is 1.83. The van der Waals surface area contributed by atoms with Gasteiger partial charge in [0.25, 0.3) is 0 Å². The second-order valence-electron chi connectivity index (χ2n) is 1.12. The van der Waals surface area contributed by atoms with E-state index in [0.29, 0.717) is 0 Å². The van der Waals surface area contributed by atoms with Gasteiger partial charge in [0.2, 0.25) is 0 Å². The molecular formula is C3H5F2NO2. The molecule has 0 aliphatic rings. The Hall–Kier alpha value is -0.710. The summed E-state index contributed by atoms with van der Waals surface area (Å²) in [5.41, 5.74) is 0. The molecule has 0 spiro atoms. The van der Waals surface area contributed by atoms with Crippen molar-refractivity contribution in [3.05, 3.63) is 0 Å². The number of hydrogen-bond donors (Lipinski definition) is 2. The highest BCUT2D eigenvalue weighted by Crippen LogP contribution is 2.05. The van der Waals surface area contributed by atoms with Gasteiger partial charge in [-0.05, 0) is 0 Å². The second kappa shape index (κ2) is 2.04. The van der Waals surface area contributed by atoms with Crippen LogP contribution in [-0.4, -0.2) is 24.2 Å². The number of carbonyl (C=O) groups excluding carboxylic acids is 1. The Morgan fingerprint density at radius 2 is 2.12 bits per heavy atom. The van der Waals surface area contributed by atoms with Gasteiger partial charge >= 0.3 is 12.0 Å². The minimum atomic E-state index is -4.24. The number of likely N-dealkylation sites (N-methyl/N-ethyl adjacent to an activating group) is 1. The molecule has 1 amide bonds. The fourth-order valence-electron chi connectivity index (χ4n) is 0.150. The molecular weight excluding hydrogens is 120 g/mol. The zero-order chi connectivity index (χ0) is 6.78. The molecule has 0 rings (SSSR count). The highest BCUT2D eigenvalue weighted by atomic mass is 19.3. The SMILES string of the molecule is CNC(=O)C(O)(F)F. The summed E-state index contributed by atoms with van der Waals surface area (Å²) in [6.45, 7) is 0. The maximum absolute atomic E-state index is 11.3. The molecule has 0 aromatic rings. The molecule has 48 valence electrons. The monoisotopic (exact) mass is 125 g/mol. The molecule has 8 heavy (non-hydrogen) atoms. The molecule has 0 unspecified atom stereocenters. The Bertz CT molecular complexity index is 97.9. The summed E-state index contributed by atoms with van der Waals surface area (Å²) in [6, 6.07) is 0. The molecule has 0 saturated heterocycles. The molecule has 5 heteroatoms. The zero-order valence-corrected chi connectivity index (χ0v) is 4.11. The molecule has 0 bridgehead atoms. The Balaban J connectivity index is 3.82. The van der Waals surface area contributed by atoms with Crippen molar-refractivity contribution in [3.63, 3.8) is 0 Å². The van der Waals surface area contributed by atoms with Crippen molar-refractivity contribution in [2.24, 2.45) is 0 Å². The molecule has 0 saturated carbocycles. The smallest absolute Gasteiger partial charge is 0.352 e. The Morgan fingerprint density at radius 3 is 2.12 bits per heavy atom. The van der Waals surface area contributed by atoms with E-state index in [1.54, 1.807) is 5.32 Å². The summed E-state index contributed by atoms with van der Waals surface area (Å²) in [6.07, 6.45) is -4.24. The second-order valence-corrected chi connectivity index (χ2v) is 1.12. The summed E-state index contributed by atoms with van der Waals surface area (Å²) in [7, 11) is 1.01. The Morgan fingerprint density at radius 1 is 1.75 bits per heavy atom. The molecule has 0 radical (unpaired) electrons. The van der Waals surface area contributed by atoms with E-state index in [4.69, 9.17) is 5.11 Å². The van der Waals surface area contributed by atoms with Gasteiger partial charge in [0.15, 0.2) is 0 Å². The van der Waals surface area contributed by atoms with Crippen molar-refractivity contribution >= 4 is 5.91 Å². The van der Waals surface area contributed by atoms with Crippen molar-refractivity contribution < 1.29 is 18.7 Å². The summed E-state index contributed by atoms with van der Waals surface area (Å²) in [4.78, 5) is 9.72. The van der Waals surface area contributed by atoms with E-state index in [-0.39, 0.29) is 0 Å². The first-order chi connectivity index (χ1) is 3.48. The lowest BCUT2D eigenvalue weighted by Crippen LogP contribution is -2.37. The number of amides is 1. The minimum absolute atomic E-state index is 1.01. The maximum Gasteiger partial charge on any atom is 0.433 e. The topological polar surface area (TPSA) is 49.3 Å². The number of rotatable bonds is 1. The van der Waals surface area contributed by atoms with Crippen molar-refractivity contribution in [1.82, 2.24) is 5.32 Å². The molecule has 2 N–H and O–H groups in total. The Labute approximate surface area is 44.3 Å². The average molecular weight is 125 g/mol. The van der Waals surface area contributed by atoms with E-state index in [0.717, 1.165) is 7.05 Å². The van der Waals surface area contributed by atoms with E-state index in [1.807, 2.05) is 0 Å². The molecule has 0 aromatic carbocycles. The highest BCUT2D eigenvalue weighted by Gasteiger charge is 2.34. The average Bonchev–Trinajstić information content (AvgIpc) is 1.62. The van der Waals surface area contributed by atoms with Crippen LogP contribution < -0.4 is 5.32 Å². The van der Waals surface area contributed by atoms with E-state index < -0.39 is 12.0 Å². The van der Waals surface area contributed by atoms with Crippen LogP contribution in [0.1, 0.15) is 0 Å². The fourth-order valence-corrected chi connectivity index (χ4v) is 0.150. The van der Waals surface area contributed by atoms with Gasteiger partial charge in [0.1, 0.15) is 0 Å². The van der Waals surface area contributed by atoms with Gasteiger partial charge < -0.3 is 10.4 Å². The summed E-state index contributed by atoms with van der Waals surface area (Å²) in [5.74, 6) is -1.70. The molecule has 0 aromatic heterocycles. The van der Waals surface area contributed by atoms with E-state index in [2.05, 4.69) is 0 Å². The van der Waals surface area contributed by atoms with Crippen LogP contribution in [0.4, 0.5) is 8.78 Å². The van der Waals surface area contributed by atoms with Gasteiger partial charge in [-0.1, -0.05) is 0 Å². The van der Waals surface area contributed by atoms with Gasteiger partial charge in [-0.2, -0.15) is 8.78 Å². The largest absolute Gasteiger partial charge is 0.433 e. The first-order valence-electron chi connectivity index (χ1n) is 1.81. The summed E-state index contributed by atoms with van der Waals surface area (Å²) in [5, 5.41) is 9.11. The molecule has 3 nitrogen and oxygen atoms in total. The van der Waals surface area contributed by atoms with E-state index >= 15 is 0 Å². The zero-order valence-electron chi connectivity index (χ0n) is 4.11. The van der Waals surface area contributed by atoms with Crippen LogP contribution in [-0.2, 0) is 4.79 Å². The molecule has 0 heterocycles. The number of nitrogens with one attached hydrogen (secondary N) is 1. The molecule has 0 fully saturated rings. The number of alkyl halides is 2. The summed E-state index contributed by atoms with van der Waals surface area (Å²) >= 11 is 0. The third-order valence-corrected chi connectivity index (χ3v) is 0.500. The quantitative estimate of drug-likeness (QED) is 0.487.